The molecule has 0 radical (unpaired) electrons. The Balaban J connectivity index is 1.87. The number of aliphatic hydroxyl groups excluding tert-OH is 8. The molecular weight excluding hydrogens is 726 g/mol. The Hall–Kier alpha value is -1.53. The van der Waals surface area contributed by atoms with Gasteiger partial charge in [0.1, 0.15) is 48.8 Å². The van der Waals surface area contributed by atoms with Gasteiger partial charge >= 0.3 is 0 Å². The van der Waals surface area contributed by atoms with Crippen LogP contribution < -0.4 is 5.32 Å². The molecule has 1 amide bonds. The molecule has 0 saturated carbocycles. The molecule has 2 aliphatic heterocycles. The summed E-state index contributed by atoms with van der Waals surface area (Å²) in [6.45, 7) is 2.62. The lowest BCUT2D eigenvalue weighted by Gasteiger charge is -2.46. The number of rotatable bonds is 31. The molecule has 0 spiro atoms. The van der Waals surface area contributed by atoms with Crippen LogP contribution in [0.2, 0.25) is 0 Å². The average Bonchev–Trinajstić information content (AvgIpc) is 3.19. The van der Waals surface area contributed by atoms with Crippen LogP contribution in [0.5, 0.6) is 0 Å². The molecule has 2 aliphatic rings. The lowest BCUT2D eigenvalue weighted by Crippen LogP contribution is -2.65. The summed E-state index contributed by atoms with van der Waals surface area (Å²) >= 11 is 0. The van der Waals surface area contributed by atoms with E-state index in [2.05, 4.69) is 31.3 Å². The van der Waals surface area contributed by atoms with Crippen LogP contribution in [0.25, 0.3) is 0 Å². The number of unbranched alkanes of at least 4 members (excludes halogenated alkanes) is 16. The van der Waals surface area contributed by atoms with Gasteiger partial charge in [0, 0.05) is 6.42 Å². The molecule has 56 heavy (non-hydrogen) atoms. The number of carbonyl (C=O) groups excluding carboxylic acids is 1. The highest BCUT2D eigenvalue weighted by Crippen LogP contribution is 2.30. The Morgan fingerprint density at radius 3 is 1.71 bits per heavy atom. The van der Waals surface area contributed by atoms with Crippen molar-refractivity contribution < 1.29 is 64.6 Å². The molecule has 2 heterocycles. The first kappa shape index (κ1) is 50.6. The van der Waals surface area contributed by atoms with Gasteiger partial charge in [0.25, 0.3) is 0 Å². The highest BCUT2D eigenvalue weighted by molar-refractivity contribution is 5.76. The Morgan fingerprint density at radius 1 is 0.625 bits per heavy atom. The van der Waals surface area contributed by atoms with Crippen LogP contribution in [0, 0.1) is 0 Å². The summed E-state index contributed by atoms with van der Waals surface area (Å²) in [6.07, 6.45) is 12.7. The molecule has 0 aromatic rings. The largest absolute Gasteiger partial charge is 0.394 e. The van der Waals surface area contributed by atoms with Gasteiger partial charge in [-0.05, 0) is 25.7 Å². The number of ether oxygens (including phenoxy) is 4. The first-order chi connectivity index (χ1) is 27.1. The fourth-order valence-electron chi connectivity index (χ4n) is 7.02. The van der Waals surface area contributed by atoms with Crippen molar-refractivity contribution in [2.45, 2.75) is 216 Å². The molecule has 14 nitrogen and oxygen atoms in total. The minimum Gasteiger partial charge on any atom is -0.394 e. The SMILES string of the molecule is CCC/C=C/CC/C=C/C(O)C(COC1OC(CO)C(OC2OC(CO)C(O)C(O)C2O)C(O)C1O)NC(=O)CCCCCCCCCCCCCCCCC. The summed E-state index contributed by atoms with van der Waals surface area (Å²) in [4.78, 5) is 13.0. The summed E-state index contributed by atoms with van der Waals surface area (Å²) in [6, 6.07) is -0.922. The van der Waals surface area contributed by atoms with Gasteiger partial charge in [-0.2, -0.15) is 0 Å². The van der Waals surface area contributed by atoms with Crippen LogP contribution in [-0.2, 0) is 23.7 Å². The molecule has 0 aliphatic carbocycles. The van der Waals surface area contributed by atoms with E-state index in [0.717, 1.165) is 38.5 Å². The highest BCUT2D eigenvalue weighted by atomic mass is 16.7. The van der Waals surface area contributed by atoms with E-state index in [-0.39, 0.29) is 18.9 Å². The van der Waals surface area contributed by atoms with E-state index in [0.29, 0.717) is 12.8 Å². The predicted molar refractivity (Wildman–Crippen MR) is 212 cm³/mol. The van der Waals surface area contributed by atoms with Crippen LogP contribution in [0.1, 0.15) is 142 Å². The van der Waals surface area contributed by atoms with E-state index < -0.39 is 86.8 Å². The van der Waals surface area contributed by atoms with Crippen LogP contribution >= 0.6 is 0 Å². The molecule has 9 N–H and O–H groups in total. The minimum atomic E-state index is -1.79. The number of hydrogen-bond donors (Lipinski definition) is 9. The van der Waals surface area contributed by atoms with Crippen molar-refractivity contribution in [2.75, 3.05) is 19.8 Å². The van der Waals surface area contributed by atoms with Crippen molar-refractivity contribution in [1.82, 2.24) is 5.32 Å². The van der Waals surface area contributed by atoms with Crippen LogP contribution in [0.4, 0.5) is 0 Å². The zero-order valence-electron chi connectivity index (χ0n) is 34.1. The summed E-state index contributed by atoms with van der Waals surface area (Å²) in [5.41, 5.74) is 0. The van der Waals surface area contributed by atoms with Crippen molar-refractivity contribution in [1.29, 1.82) is 0 Å². The molecule has 2 fully saturated rings. The minimum absolute atomic E-state index is 0.255. The number of allylic oxidation sites excluding steroid dienone is 3. The van der Waals surface area contributed by atoms with Crippen LogP contribution in [0.3, 0.4) is 0 Å². The van der Waals surface area contributed by atoms with Crippen LogP contribution in [-0.4, -0.2) is 140 Å². The number of carbonyl (C=O) groups is 1. The average molecular weight is 804 g/mol. The zero-order valence-corrected chi connectivity index (χ0v) is 34.1. The van der Waals surface area contributed by atoms with Crippen molar-refractivity contribution in [3.63, 3.8) is 0 Å². The summed E-state index contributed by atoms with van der Waals surface area (Å²) < 4.78 is 22.5. The molecule has 12 unspecified atom stereocenters. The highest BCUT2D eigenvalue weighted by Gasteiger charge is 2.50. The maximum absolute atomic E-state index is 13.0. The summed E-state index contributed by atoms with van der Waals surface area (Å²) in [7, 11) is 0. The third kappa shape index (κ3) is 19.0. The Labute approximate surface area is 335 Å². The third-order valence-corrected chi connectivity index (χ3v) is 10.6. The molecular formula is C42H77NO13. The van der Waals surface area contributed by atoms with Crippen molar-refractivity contribution in [3.8, 4) is 0 Å². The van der Waals surface area contributed by atoms with E-state index in [9.17, 15) is 45.6 Å². The third-order valence-electron chi connectivity index (χ3n) is 10.6. The van der Waals surface area contributed by atoms with Gasteiger partial charge in [-0.25, -0.2) is 0 Å². The zero-order chi connectivity index (χ0) is 41.1. The molecule has 12 atom stereocenters. The second-order valence-electron chi connectivity index (χ2n) is 15.5. The lowest BCUT2D eigenvalue weighted by molar-refractivity contribution is -0.359. The van der Waals surface area contributed by atoms with Gasteiger partial charge in [-0.3, -0.25) is 4.79 Å². The van der Waals surface area contributed by atoms with Crippen molar-refractivity contribution >= 4 is 5.91 Å². The Kier molecular flexibility index (Phi) is 27.6. The van der Waals surface area contributed by atoms with Gasteiger partial charge in [-0.1, -0.05) is 134 Å². The van der Waals surface area contributed by atoms with Gasteiger partial charge in [0.15, 0.2) is 12.6 Å². The number of amides is 1. The Bertz CT molecular complexity index is 1050. The maximum atomic E-state index is 13.0. The van der Waals surface area contributed by atoms with Crippen LogP contribution in [0.15, 0.2) is 24.3 Å². The normalized spacial score (nSPS) is 29.6. The molecule has 2 rings (SSSR count). The second-order valence-corrected chi connectivity index (χ2v) is 15.5. The molecule has 328 valence electrons. The van der Waals surface area contributed by atoms with Gasteiger partial charge in [0.2, 0.25) is 5.91 Å². The fourth-order valence-corrected chi connectivity index (χ4v) is 7.02. The van der Waals surface area contributed by atoms with Crippen molar-refractivity contribution in [3.05, 3.63) is 24.3 Å². The predicted octanol–water partition coefficient (Wildman–Crippen LogP) is 3.43. The number of nitrogens with one attached hydrogen (secondary N) is 1. The molecule has 0 aromatic heterocycles. The van der Waals surface area contributed by atoms with Gasteiger partial charge in [-0.15, -0.1) is 0 Å². The number of aliphatic hydroxyl groups is 8. The first-order valence-electron chi connectivity index (χ1n) is 21.6. The van der Waals surface area contributed by atoms with Gasteiger partial charge < -0.3 is 65.1 Å². The lowest BCUT2D eigenvalue weighted by atomic mass is 9.97. The topological polar surface area (TPSA) is 228 Å². The Morgan fingerprint density at radius 2 is 1.14 bits per heavy atom. The summed E-state index contributed by atoms with van der Waals surface area (Å²) in [5, 5.41) is 86.0. The summed E-state index contributed by atoms with van der Waals surface area (Å²) in [5.74, 6) is -0.255. The number of hydrogen-bond acceptors (Lipinski definition) is 13. The molecule has 0 bridgehead atoms. The smallest absolute Gasteiger partial charge is 0.220 e. The van der Waals surface area contributed by atoms with E-state index in [1.165, 1.54) is 70.6 Å². The fraction of sp³-hybridized carbons (Fsp3) is 0.881. The molecule has 2 saturated heterocycles. The monoisotopic (exact) mass is 804 g/mol. The van der Waals surface area contributed by atoms with E-state index in [1.54, 1.807) is 6.08 Å². The van der Waals surface area contributed by atoms with Gasteiger partial charge in [0.05, 0.1) is 32.0 Å². The molecule has 0 aromatic carbocycles. The van der Waals surface area contributed by atoms with Crippen molar-refractivity contribution in [2.24, 2.45) is 0 Å². The first-order valence-corrected chi connectivity index (χ1v) is 21.6. The molecule has 14 heteroatoms. The second kappa shape index (κ2) is 30.5. The standard InChI is InChI=1S/C42H77NO13/c1-3-5-7-9-11-12-13-14-15-16-17-18-20-22-24-26-34(47)43-30(31(46)25-23-21-19-10-8-6-4-2)29-53-41-39(52)37(50)40(33(28-45)55-41)56-42-38(51)36(49)35(48)32(27-44)54-42/h8,10,23,25,30-33,35-42,44-46,48-52H,3-7,9,11-22,24,26-29H2,1-2H3,(H,43,47)/b10-8+,25-23+. The van der Waals surface area contributed by atoms with E-state index >= 15 is 0 Å². The quantitative estimate of drug-likeness (QED) is 0.0362. The van der Waals surface area contributed by atoms with E-state index in [4.69, 9.17) is 18.9 Å². The maximum Gasteiger partial charge on any atom is 0.220 e. The van der Waals surface area contributed by atoms with E-state index in [1.807, 2.05) is 6.08 Å².